The number of aromatic nitrogens is 1. The molecule has 0 saturated heterocycles. The molecule has 0 saturated carbocycles. The van der Waals surface area contributed by atoms with Crippen molar-refractivity contribution in [2.45, 2.75) is 26.3 Å². The van der Waals surface area contributed by atoms with Gasteiger partial charge in [0, 0.05) is 18.9 Å². The molecule has 4 nitrogen and oxygen atoms in total. The van der Waals surface area contributed by atoms with Crippen LogP contribution in [0.2, 0.25) is 0 Å². The van der Waals surface area contributed by atoms with Crippen molar-refractivity contribution in [2.75, 3.05) is 0 Å². The van der Waals surface area contributed by atoms with E-state index < -0.39 is 0 Å². The summed E-state index contributed by atoms with van der Waals surface area (Å²) < 4.78 is 0. The number of nitrogens with one attached hydrogen (secondary N) is 1. The predicted octanol–water partition coefficient (Wildman–Crippen LogP) is 1.40. The van der Waals surface area contributed by atoms with E-state index in [1.54, 1.807) is 12.4 Å². The lowest BCUT2D eigenvalue weighted by Gasteiger charge is -2.14. The van der Waals surface area contributed by atoms with Crippen LogP contribution in [0.1, 0.15) is 25.3 Å². The Bertz CT molecular complexity index is 381. The molecule has 1 aromatic heterocycles. The SMILES string of the molecule is CCCC(C(=O)NCc1ccncc1)C(N)=S. The first kappa shape index (κ1) is 13.6. The molecular formula is C12H17N3OS. The van der Waals surface area contributed by atoms with E-state index in [4.69, 9.17) is 18.0 Å². The molecule has 0 bridgehead atoms. The first-order valence-electron chi connectivity index (χ1n) is 5.61. The molecule has 0 radical (unpaired) electrons. The molecule has 1 rings (SSSR count). The first-order valence-corrected chi connectivity index (χ1v) is 6.02. The Hall–Kier alpha value is -1.49. The first-order chi connectivity index (χ1) is 8.15. The van der Waals surface area contributed by atoms with Crippen LogP contribution < -0.4 is 11.1 Å². The van der Waals surface area contributed by atoms with Crippen LogP contribution in [0.4, 0.5) is 0 Å². The van der Waals surface area contributed by atoms with Gasteiger partial charge in [-0.1, -0.05) is 25.6 Å². The minimum absolute atomic E-state index is 0.101. The van der Waals surface area contributed by atoms with Gasteiger partial charge >= 0.3 is 0 Å². The fourth-order valence-electron chi connectivity index (χ4n) is 1.50. The summed E-state index contributed by atoms with van der Waals surface area (Å²) in [6, 6.07) is 3.71. The maximum Gasteiger partial charge on any atom is 0.230 e. The molecule has 0 fully saturated rings. The van der Waals surface area contributed by atoms with Gasteiger partial charge in [-0.05, 0) is 24.1 Å². The minimum atomic E-state index is -0.364. The standard InChI is InChI=1S/C12H17N3OS/c1-2-3-10(11(13)17)12(16)15-8-9-4-6-14-7-5-9/h4-7,10H,2-3,8H2,1H3,(H2,13,17)(H,15,16). The molecule has 1 aromatic rings. The Balaban J connectivity index is 2.50. The van der Waals surface area contributed by atoms with Crippen LogP contribution in [0.15, 0.2) is 24.5 Å². The van der Waals surface area contributed by atoms with Crippen LogP contribution in [0, 0.1) is 5.92 Å². The summed E-state index contributed by atoms with van der Waals surface area (Å²) in [7, 11) is 0. The van der Waals surface area contributed by atoms with Crippen LogP contribution in [0.5, 0.6) is 0 Å². The number of nitrogens with zero attached hydrogens (tertiary/aromatic N) is 1. The summed E-state index contributed by atoms with van der Waals surface area (Å²) in [5, 5.41) is 2.83. The van der Waals surface area contributed by atoms with E-state index in [1.807, 2.05) is 19.1 Å². The second kappa shape index (κ2) is 6.96. The highest BCUT2D eigenvalue weighted by Crippen LogP contribution is 2.07. The predicted molar refractivity (Wildman–Crippen MR) is 71.3 cm³/mol. The molecule has 3 N–H and O–H groups in total. The maximum atomic E-state index is 11.9. The van der Waals surface area contributed by atoms with Gasteiger partial charge in [-0.2, -0.15) is 0 Å². The number of amides is 1. The summed E-state index contributed by atoms with van der Waals surface area (Å²) in [5.41, 5.74) is 6.56. The number of rotatable bonds is 6. The molecular weight excluding hydrogens is 234 g/mol. The van der Waals surface area contributed by atoms with E-state index in [-0.39, 0.29) is 16.8 Å². The van der Waals surface area contributed by atoms with Crippen LogP contribution in [-0.2, 0) is 11.3 Å². The van der Waals surface area contributed by atoms with Gasteiger partial charge in [0.25, 0.3) is 0 Å². The number of nitrogens with two attached hydrogens (primary N) is 1. The molecule has 92 valence electrons. The van der Waals surface area contributed by atoms with Crippen molar-refractivity contribution in [3.05, 3.63) is 30.1 Å². The third-order valence-corrected chi connectivity index (χ3v) is 2.74. The summed E-state index contributed by atoms with van der Waals surface area (Å²) in [5.74, 6) is -0.465. The number of carbonyl (C=O) groups excluding carboxylic acids is 1. The van der Waals surface area contributed by atoms with Crippen LogP contribution in [0.3, 0.4) is 0 Å². The molecule has 0 aliphatic rings. The zero-order valence-electron chi connectivity index (χ0n) is 9.85. The Morgan fingerprint density at radius 3 is 2.71 bits per heavy atom. The van der Waals surface area contributed by atoms with Crippen molar-refractivity contribution in [3.8, 4) is 0 Å². The van der Waals surface area contributed by atoms with Crippen LogP contribution in [0.25, 0.3) is 0 Å². The second-order valence-electron chi connectivity index (χ2n) is 3.82. The monoisotopic (exact) mass is 251 g/mol. The van der Waals surface area contributed by atoms with E-state index in [2.05, 4.69) is 10.3 Å². The number of pyridine rings is 1. The number of hydrogen-bond acceptors (Lipinski definition) is 3. The number of thiocarbonyl (C=S) groups is 1. The van der Waals surface area contributed by atoms with Crippen molar-refractivity contribution in [1.82, 2.24) is 10.3 Å². The van der Waals surface area contributed by atoms with Crippen molar-refractivity contribution >= 4 is 23.1 Å². The second-order valence-corrected chi connectivity index (χ2v) is 4.29. The summed E-state index contributed by atoms with van der Waals surface area (Å²) in [4.78, 5) is 16.0. The van der Waals surface area contributed by atoms with Crippen molar-refractivity contribution in [2.24, 2.45) is 11.7 Å². The Kier molecular flexibility index (Phi) is 5.56. The lowest BCUT2D eigenvalue weighted by atomic mass is 10.0. The highest BCUT2D eigenvalue weighted by atomic mass is 32.1. The third-order valence-electron chi connectivity index (χ3n) is 2.45. The average molecular weight is 251 g/mol. The van der Waals surface area contributed by atoms with Crippen LogP contribution >= 0.6 is 12.2 Å². The molecule has 1 heterocycles. The summed E-state index contributed by atoms with van der Waals surface area (Å²) in [6.45, 7) is 2.48. The average Bonchev–Trinajstić information content (AvgIpc) is 2.34. The van der Waals surface area contributed by atoms with Crippen molar-refractivity contribution in [1.29, 1.82) is 0 Å². The molecule has 17 heavy (non-hydrogen) atoms. The van der Waals surface area contributed by atoms with Gasteiger partial charge in [0.2, 0.25) is 5.91 Å². The molecule has 1 unspecified atom stereocenters. The smallest absolute Gasteiger partial charge is 0.230 e. The number of hydrogen-bond donors (Lipinski definition) is 2. The van der Waals surface area contributed by atoms with E-state index in [1.165, 1.54) is 0 Å². The van der Waals surface area contributed by atoms with Gasteiger partial charge in [-0.25, -0.2) is 0 Å². The Labute approximate surface area is 107 Å². The lowest BCUT2D eigenvalue weighted by Crippen LogP contribution is -2.37. The van der Waals surface area contributed by atoms with Gasteiger partial charge in [0.05, 0.1) is 10.9 Å². The van der Waals surface area contributed by atoms with E-state index in [0.29, 0.717) is 13.0 Å². The van der Waals surface area contributed by atoms with E-state index in [0.717, 1.165) is 12.0 Å². The van der Waals surface area contributed by atoms with Gasteiger partial charge in [-0.3, -0.25) is 9.78 Å². The molecule has 1 atom stereocenters. The highest BCUT2D eigenvalue weighted by Gasteiger charge is 2.19. The lowest BCUT2D eigenvalue weighted by molar-refractivity contribution is -0.123. The Morgan fingerprint density at radius 2 is 2.18 bits per heavy atom. The third kappa shape index (κ3) is 4.48. The normalized spacial score (nSPS) is 11.8. The molecule has 5 heteroatoms. The largest absolute Gasteiger partial charge is 0.393 e. The fraction of sp³-hybridized carbons (Fsp3) is 0.417. The van der Waals surface area contributed by atoms with Crippen molar-refractivity contribution in [3.63, 3.8) is 0 Å². The quantitative estimate of drug-likeness (QED) is 0.750. The molecule has 0 aliphatic heterocycles. The zero-order valence-corrected chi connectivity index (χ0v) is 10.7. The van der Waals surface area contributed by atoms with E-state index in [9.17, 15) is 4.79 Å². The molecule has 0 spiro atoms. The van der Waals surface area contributed by atoms with Crippen LogP contribution in [-0.4, -0.2) is 15.9 Å². The Morgan fingerprint density at radius 1 is 1.53 bits per heavy atom. The highest BCUT2D eigenvalue weighted by molar-refractivity contribution is 7.80. The zero-order chi connectivity index (χ0) is 12.7. The minimum Gasteiger partial charge on any atom is -0.393 e. The molecule has 0 aromatic carbocycles. The molecule has 1 amide bonds. The van der Waals surface area contributed by atoms with Gasteiger partial charge in [0.1, 0.15) is 0 Å². The fourth-order valence-corrected chi connectivity index (χ4v) is 1.73. The topological polar surface area (TPSA) is 68.0 Å². The number of carbonyl (C=O) groups is 1. The summed E-state index contributed by atoms with van der Waals surface area (Å²) >= 11 is 4.90. The maximum absolute atomic E-state index is 11.9. The van der Waals surface area contributed by atoms with Gasteiger partial charge in [-0.15, -0.1) is 0 Å². The van der Waals surface area contributed by atoms with Crippen molar-refractivity contribution < 1.29 is 4.79 Å². The summed E-state index contributed by atoms with van der Waals surface area (Å²) in [6.07, 6.45) is 4.96. The van der Waals surface area contributed by atoms with Gasteiger partial charge in [0.15, 0.2) is 0 Å². The van der Waals surface area contributed by atoms with Gasteiger partial charge < -0.3 is 11.1 Å². The molecule has 0 aliphatic carbocycles. The van der Waals surface area contributed by atoms with E-state index >= 15 is 0 Å².